The molecule has 116 valence electrons. The van der Waals surface area contributed by atoms with Crippen LogP contribution in [0.2, 0.25) is 5.02 Å². The molecule has 0 radical (unpaired) electrons. The summed E-state index contributed by atoms with van der Waals surface area (Å²) in [6.45, 7) is 4.64. The number of rotatable bonds is 7. The number of nitrogens with zero attached hydrogens (tertiary/aromatic N) is 1. The summed E-state index contributed by atoms with van der Waals surface area (Å²) < 4.78 is 28.0. The van der Waals surface area contributed by atoms with Crippen molar-refractivity contribution in [2.24, 2.45) is 5.92 Å². The van der Waals surface area contributed by atoms with Crippen LogP contribution in [0.4, 0.5) is 0 Å². The summed E-state index contributed by atoms with van der Waals surface area (Å²) >= 11 is 10.2. The highest BCUT2D eigenvalue weighted by molar-refractivity contribution is 9.11. The minimum absolute atomic E-state index is 0.170. The molecule has 0 aliphatic carbocycles. The number of hydrogen-bond donors (Lipinski definition) is 1. The zero-order valence-electron chi connectivity index (χ0n) is 12.0. The van der Waals surface area contributed by atoms with E-state index in [9.17, 15) is 8.42 Å². The molecule has 0 aromatic carbocycles. The fraction of sp³-hybridized carbons (Fsp3) is 0.667. The third-order valence-electron chi connectivity index (χ3n) is 2.87. The lowest BCUT2D eigenvalue weighted by atomic mass is 10.0. The molecule has 0 amide bonds. The lowest BCUT2D eigenvalue weighted by Gasteiger charge is -2.26. The van der Waals surface area contributed by atoms with Crippen molar-refractivity contribution in [2.45, 2.75) is 30.5 Å². The highest BCUT2D eigenvalue weighted by atomic mass is 79.9. The van der Waals surface area contributed by atoms with Crippen LogP contribution in [-0.4, -0.2) is 40.0 Å². The first-order valence-corrected chi connectivity index (χ1v) is 9.71. The van der Waals surface area contributed by atoms with Crippen molar-refractivity contribution in [1.82, 2.24) is 9.62 Å². The van der Waals surface area contributed by atoms with E-state index in [2.05, 4.69) is 34.5 Å². The predicted octanol–water partition coefficient (Wildman–Crippen LogP) is 3.42. The molecule has 1 rings (SSSR count). The molecule has 0 saturated carbocycles. The van der Waals surface area contributed by atoms with E-state index in [0.29, 0.717) is 21.3 Å². The lowest BCUT2D eigenvalue weighted by molar-refractivity contribution is 0.255. The Morgan fingerprint density at radius 3 is 2.45 bits per heavy atom. The van der Waals surface area contributed by atoms with Gasteiger partial charge in [-0.15, -0.1) is 11.3 Å². The number of thiophene rings is 1. The Labute approximate surface area is 138 Å². The van der Waals surface area contributed by atoms with Crippen molar-refractivity contribution in [3.8, 4) is 0 Å². The number of likely N-dealkylation sites (N-methyl/N-ethyl adjacent to an activating group) is 1. The fourth-order valence-electron chi connectivity index (χ4n) is 1.76. The van der Waals surface area contributed by atoms with Gasteiger partial charge in [-0.2, -0.15) is 0 Å². The van der Waals surface area contributed by atoms with Crippen molar-refractivity contribution in [1.29, 1.82) is 0 Å². The van der Waals surface area contributed by atoms with E-state index in [-0.39, 0.29) is 10.3 Å². The molecule has 0 aliphatic heterocycles. The zero-order chi connectivity index (χ0) is 15.5. The van der Waals surface area contributed by atoms with Crippen LogP contribution < -0.4 is 4.72 Å². The summed E-state index contributed by atoms with van der Waals surface area (Å²) in [6.07, 6.45) is 0.935. The van der Waals surface area contributed by atoms with E-state index in [0.717, 1.165) is 17.8 Å². The van der Waals surface area contributed by atoms with Gasteiger partial charge in [0.1, 0.15) is 4.21 Å². The average Bonchev–Trinajstić information content (AvgIpc) is 2.65. The third kappa shape index (κ3) is 5.27. The molecule has 1 atom stereocenters. The molecule has 0 aliphatic rings. The number of nitrogens with one attached hydrogen (secondary N) is 1. The molecular formula is C12H20BrClN2O2S2. The maximum atomic E-state index is 12.2. The van der Waals surface area contributed by atoms with Crippen LogP contribution in [0.25, 0.3) is 0 Å². The predicted molar refractivity (Wildman–Crippen MR) is 89.1 cm³/mol. The van der Waals surface area contributed by atoms with Gasteiger partial charge in [-0.3, -0.25) is 0 Å². The van der Waals surface area contributed by atoms with E-state index in [1.165, 1.54) is 6.07 Å². The quantitative estimate of drug-likeness (QED) is 0.759. The largest absolute Gasteiger partial charge is 0.305 e. The van der Waals surface area contributed by atoms with Gasteiger partial charge in [0.2, 0.25) is 10.0 Å². The Bertz CT molecular complexity index is 524. The fourth-order valence-corrected chi connectivity index (χ4v) is 5.27. The van der Waals surface area contributed by atoms with Crippen LogP contribution in [0, 0.1) is 5.92 Å². The molecule has 1 aromatic rings. The normalized spacial score (nSPS) is 14.2. The molecule has 0 saturated heterocycles. The van der Waals surface area contributed by atoms with Gasteiger partial charge in [-0.1, -0.05) is 25.4 Å². The molecule has 0 fully saturated rings. The Hall–Kier alpha value is 0.340. The molecule has 1 N–H and O–H groups in total. The standard InChI is InChI=1S/C12H20BrClN2O2S2/c1-8(2)5-9(16(3)4)7-15-20(17,18)11-6-10(14)12(13)19-11/h6,8-9,15H,5,7H2,1-4H3. The smallest absolute Gasteiger partial charge is 0.250 e. The van der Waals surface area contributed by atoms with Gasteiger partial charge in [0.05, 0.1) is 8.81 Å². The topological polar surface area (TPSA) is 49.4 Å². The zero-order valence-corrected chi connectivity index (χ0v) is 16.0. The summed E-state index contributed by atoms with van der Waals surface area (Å²) in [5.74, 6) is 0.511. The molecule has 1 heterocycles. The summed E-state index contributed by atoms with van der Waals surface area (Å²) in [7, 11) is 0.418. The Morgan fingerprint density at radius 1 is 1.45 bits per heavy atom. The van der Waals surface area contributed by atoms with E-state index < -0.39 is 10.0 Å². The van der Waals surface area contributed by atoms with Gasteiger partial charge in [0.25, 0.3) is 0 Å². The van der Waals surface area contributed by atoms with Gasteiger partial charge in [-0.25, -0.2) is 13.1 Å². The van der Waals surface area contributed by atoms with Crippen LogP contribution in [-0.2, 0) is 10.0 Å². The second-order valence-corrected chi connectivity index (χ2v) is 10.1. The lowest BCUT2D eigenvalue weighted by Crippen LogP contribution is -2.40. The molecular weight excluding hydrogens is 384 g/mol. The molecule has 0 spiro atoms. The number of sulfonamides is 1. The molecule has 0 bridgehead atoms. The molecule has 8 heteroatoms. The van der Waals surface area contributed by atoms with Gasteiger partial charge in [0, 0.05) is 12.6 Å². The van der Waals surface area contributed by atoms with Crippen LogP contribution in [0.3, 0.4) is 0 Å². The van der Waals surface area contributed by atoms with Crippen molar-refractivity contribution in [3.05, 3.63) is 14.9 Å². The molecule has 1 aromatic heterocycles. The number of hydrogen-bond acceptors (Lipinski definition) is 4. The van der Waals surface area contributed by atoms with E-state index >= 15 is 0 Å². The second kappa shape index (κ2) is 7.56. The van der Waals surface area contributed by atoms with Crippen LogP contribution in [0.1, 0.15) is 20.3 Å². The summed E-state index contributed by atoms with van der Waals surface area (Å²) in [5.41, 5.74) is 0. The molecule has 20 heavy (non-hydrogen) atoms. The first kappa shape index (κ1) is 18.4. The van der Waals surface area contributed by atoms with Crippen LogP contribution in [0.15, 0.2) is 14.1 Å². The SMILES string of the molecule is CC(C)CC(CNS(=O)(=O)c1cc(Cl)c(Br)s1)N(C)C. The maximum Gasteiger partial charge on any atom is 0.250 e. The van der Waals surface area contributed by atoms with Gasteiger partial charge < -0.3 is 4.90 Å². The van der Waals surface area contributed by atoms with Crippen molar-refractivity contribution in [2.75, 3.05) is 20.6 Å². The van der Waals surface area contributed by atoms with Crippen molar-refractivity contribution < 1.29 is 8.42 Å². The molecule has 1 unspecified atom stereocenters. The van der Waals surface area contributed by atoms with Crippen LogP contribution >= 0.6 is 38.9 Å². The Kier molecular flexibility index (Phi) is 6.95. The van der Waals surface area contributed by atoms with Gasteiger partial charge >= 0.3 is 0 Å². The Balaban J connectivity index is 2.75. The Morgan fingerprint density at radius 2 is 2.05 bits per heavy atom. The second-order valence-electron chi connectivity index (χ2n) is 5.29. The first-order chi connectivity index (χ1) is 9.13. The highest BCUT2D eigenvalue weighted by Crippen LogP contribution is 2.34. The van der Waals surface area contributed by atoms with Crippen LogP contribution in [0.5, 0.6) is 0 Å². The summed E-state index contributed by atoms with van der Waals surface area (Å²) in [6, 6.07) is 1.63. The monoisotopic (exact) mass is 402 g/mol. The van der Waals surface area contributed by atoms with Gasteiger partial charge in [0.15, 0.2) is 0 Å². The van der Waals surface area contributed by atoms with Crippen molar-refractivity contribution >= 4 is 48.9 Å². The third-order valence-corrected chi connectivity index (χ3v) is 7.24. The van der Waals surface area contributed by atoms with Crippen molar-refractivity contribution in [3.63, 3.8) is 0 Å². The minimum atomic E-state index is -3.50. The van der Waals surface area contributed by atoms with Gasteiger partial charge in [-0.05, 0) is 48.4 Å². The maximum absolute atomic E-state index is 12.2. The summed E-state index contributed by atoms with van der Waals surface area (Å²) in [4.78, 5) is 2.04. The minimum Gasteiger partial charge on any atom is -0.305 e. The van der Waals surface area contributed by atoms with E-state index in [4.69, 9.17) is 11.6 Å². The van der Waals surface area contributed by atoms with E-state index in [1.54, 1.807) is 0 Å². The average molecular weight is 404 g/mol. The summed E-state index contributed by atoms with van der Waals surface area (Å²) in [5, 5.41) is 0.418. The van der Waals surface area contributed by atoms with E-state index in [1.807, 2.05) is 19.0 Å². The number of halogens is 2. The molecule has 4 nitrogen and oxygen atoms in total. The first-order valence-electron chi connectivity index (χ1n) is 6.24. The highest BCUT2D eigenvalue weighted by Gasteiger charge is 2.21.